The molecule has 0 amide bonds. The summed E-state index contributed by atoms with van der Waals surface area (Å²) in [4.78, 5) is 11.4. The molecular weight excluding hydrogens is 218 g/mol. The number of rotatable bonds is 5. The van der Waals surface area contributed by atoms with Crippen molar-refractivity contribution in [3.8, 4) is 5.75 Å². The monoisotopic (exact) mass is 237 g/mol. The van der Waals surface area contributed by atoms with Crippen LogP contribution in [0.25, 0.3) is 0 Å². The summed E-state index contributed by atoms with van der Waals surface area (Å²) in [6.07, 6.45) is 0.125. The van der Waals surface area contributed by atoms with Crippen molar-refractivity contribution >= 4 is 5.97 Å². The maximum Gasteiger partial charge on any atom is 0.327 e. The van der Waals surface area contributed by atoms with Crippen molar-refractivity contribution in [2.24, 2.45) is 5.73 Å². The highest BCUT2D eigenvalue weighted by molar-refractivity contribution is 5.77. The molecule has 4 nitrogen and oxygen atoms in total. The minimum atomic E-state index is -0.733. The number of carbonyl (C=O) groups excluding carboxylic acids is 1. The second kappa shape index (κ2) is 6.25. The largest absolute Gasteiger partial charge is 0.491 e. The van der Waals surface area contributed by atoms with Gasteiger partial charge in [-0.15, -0.1) is 0 Å². The second-order valence-electron chi connectivity index (χ2n) is 3.97. The van der Waals surface area contributed by atoms with Gasteiger partial charge in [-0.1, -0.05) is 12.1 Å². The van der Waals surface area contributed by atoms with Gasteiger partial charge in [0.15, 0.2) is 0 Å². The predicted octanol–water partition coefficient (Wildman–Crippen LogP) is 2.04. The van der Waals surface area contributed by atoms with Crippen LogP contribution in [-0.2, 0) is 9.53 Å². The molecule has 0 unspecified atom stereocenters. The Kier molecular flexibility index (Phi) is 4.97. The van der Waals surface area contributed by atoms with Gasteiger partial charge in [0, 0.05) is 0 Å². The van der Waals surface area contributed by atoms with Crippen molar-refractivity contribution in [1.82, 2.24) is 0 Å². The minimum Gasteiger partial charge on any atom is -0.491 e. The highest BCUT2D eigenvalue weighted by Gasteiger charge is 2.16. The van der Waals surface area contributed by atoms with Crippen LogP contribution in [0.4, 0.5) is 0 Å². The molecule has 0 saturated heterocycles. The molecular formula is C13H19NO3. The number of nitrogens with two attached hydrogens (primary N) is 1. The van der Waals surface area contributed by atoms with Gasteiger partial charge in [-0.05, 0) is 38.5 Å². The molecule has 4 heteroatoms. The molecule has 1 aromatic carbocycles. The first-order valence-electron chi connectivity index (χ1n) is 5.73. The molecule has 0 spiro atoms. The molecule has 0 fully saturated rings. The lowest BCUT2D eigenvalue weighted by Gasteiger charge is -2.13. The van der Waals surface area contributed by atoms with E-state index >= 15 is 0 Å². The average molecular weight is 237 g/mol. The van der Waals surface area contributed by atoms with E-state index in [0.717, 1.165) is 11.3 Å². The van der Waals surface area contributed by atoms with E-state index in [0.29, 0.717) is 6.61 Å². The van der Waals surface area contributed by atoms with Crippen LogP contribution < -0.4 is 10.5 Å². The molecule has 1 aromatic rings. The van der Waals surface area contributed by atoms with Gasteiger partial charge in [-0.3, -0.25) is 0 Å². The van der Waals surface area contributed by atoms with Crippen molar-refractivity contribution in [2.45, 2.75) is 32.9 Å². The molecule has 0 saturated carbocycles. The van der Waals surface area contributed by atoms with Gasteiger partial charge < -0.3 is 15.2 Å². The summed E-state index contributed by atoms with van der Waals surface area (Å²) in [5.74, 6) is 0.352. The van der Waals surface area contributed by atoms with Gasteiger partial charge in [-0.25, -0.2) is 4.79 Å². The Labute approximate surface area is 102 Å². The topological polar surface area (TPSA) is 61.5 Å². The zero-order valence-electron chi connectivity index (χ0n) is 10.5. The molecule has 2 N–H and O–H groups in total. The summed E-state index contributed by atoms with van der Waals surface area (Å²) in [5.41, 5.74) is 6.48. The Morgan fingerprint density at radius 1 is 1.29 bits per heavy atom. The Bertz CT molecular complexity index is 359. The molecule has 0 aliphatic rings. The lowest BCUT2D eigenvalue weighted by Crippen LogP contribution is -2.23. The average Bonchev–Trinajstić information content (AvgIpc) is 2.28. The van der Waals surface area contributed by atoms with Gasteiger partial charge in [0.05, 0.1) is 12.7 Å². The molecule has 0 radical (unpaired) electrons. The van der Waals surface area contributed by atoms with Crippen LogP contribution in [0.3, 0.4) is 0 Å². The number of esters is 1. The van der Waals surface area contributed by atoms with E-state index in [-0.39, 0.29) is 6.10 Å². The van der Waals surface area contributed by atoms with Gasteiger partial charge >= 0.3 is 5.97 Å². The van der Waals surface area contributed by atoms with E-state index in [2.05, 4.69) is 0 Å². The van der Waals surface area contributed by atoms with Crippen molar-refractivity contribution in [3.63, 3.8) is 0 Å². The number of hydrogen-bond acceptors (Lipinski definition) is 4. The lowest BCUT2D eigenvalue weighted by atomic mass is 10.1. The van der Waals surface area contributed by atoms with Gasteiger partial charge in [0.25, 0.3) is 0 Å². The normalized spacial score (nSPS) is 12.3. The van der Waals surface area contributed by atoms with E-state index < -0.39 is 12.0 Å². The molecule has 94 valence electrons. The molecule has 0 aliphatic carbocycles. The summed E-state index contributed by atoms with van der Waals surface area (Å²) in [5, 5.41) is 0. The van der Waals surface area contributed by atoms with Crippen LogP contribution in [0, 0.1) is 0 Å². The van der Waals surface area contributed by atoms with Gasteiger partial charge in [0.1, 0.15) is 11.8 Å². The fourth-order valence-corrected chi connectivity index (χ4v) is 1.39. The zero-order chi connectivity index (χ0) is 12.8. The number of ether oxygens (including phenoxy) is 2. The third-order valence-corrected chi connectivity index (χ3v) is 2.15. The fraction of sp³-hybridized carbons (Fsp3) is 0.462. The van der Waals surface area contributed by atoms with Crippen LogP contribution in [0.2, 0.25) is 0 Å². The maximum absolute atomic E-state index is 11.4. The number of benzene rings is 1. The summed E-state index contributed by atoms with van der Waals surface area (Å²) in [6.45, 7) is 6.00. The maximum atomic E-state index is 11.4. The van der Waals surface area contributed by atoms with E-state index in [1.807, 2.05) is 13.8 Å². The Morgan fingerprint density at radius 3 is 2.35 bits per heavy atom. The molecule has 17 heavy (non-hydrogen) atoms. The first-order valence-corrected chi connectivity index (χ1v) is 5.73. The summed E-state index contributed by atoms with van der Waals surface area (Å²) in [6, 6.07) is 6.42. The van der Waals surface area contributed by atoms with Gasteiger partial charge in [-0.2, -0.15) is 0 Å². The summed E-state index contributed by atoms with van der Waals surface area (Å²) in [7, 11) is 0. The Morgan fingerprint density at radius 2 is 1.88 bits per heavy atom. The third-order valence-electron chi connectivity index (χ3n) is 2.15. The molecule has 1 atom stereocenters. The SMILES string of the molecule is CCOC(=O)[C@H](N)c1ccc(OC(C)C)cc1. The van der Waals surface area contributed by atoms with E-state index in [1.54, 1.807) is 31.2 Å². The number of carbonyl (C=O) groups is 1. The first-order chi connectivity index (χ1) is 8.04. The predicted molar refractivity (Wildman–Crippen MR) is 65.8 cm³/mol. The molecule has 0 aromatic heterocycles. The van der Waals surface area contributed by atoms with Crippen molar-refractivity contribution in [1.29, 1.82) is 0 Å². The van der Waals surface area contributed by atoms with E-state index in [1.165, 1.54) is 0 Å². The van der Waals surface area contributed by atoms with Crippen LogP contribution in [0.1, 0.15) is 32.4 Å². The van der Waals surface area contributed by atoms with Crippen LogP contribution in [0.5, 0.6) is 5.75 Å². The van der Waals surface area contributed by atoms with Crippen molar-refractivity contribution in [2.75, 3.05) is 6.61 Å². The summed E-state index contributed by atoms with van der Waals surface area (Å²) >= 11 is 0. The molecule has 0 bridgehead atoms. The quantitative estimate of drug-likeness (QED) is 0.796. The van der Waals surface area contributed by atoms with Crippen molar-refractivity contribution in [3.05, 3.63) is 29.8 Å². The first kappa shape index (κ1) is 13.5. The van der Waals surface area contributed by atoms with E-state index in [4.69, 9.17) is 15.2 Å². The van der Waals surface area contributed by atoms with Gasteiger partial charge in [0.2, 0.25) is 0 Å². The molecule has 0 heterocycles. The smallest absolute Gasteiger partial charge is 0.327 e. The molecule has 1 rings (SSSR count). The lowest BCUT2D eigenvalue weighted by molar-refractivity contribution is -0.144. The summed E-state index contributed by atoms with van der Waals surface area (Å²) < 4.78 is 10.4. The third kappa shape index (κ3) is 4.07. The minimum absolute atomic E-state index is 0.125. The Hall–Kier alpha value is -1.55. The van der Waals surface area contributed by atoms with E-state index in [9.17, 15) is 4.79 Å². The second-order valence-corrected chi connectivity index (χ2v) is 3.97. The zero-order valence-corrected chi connectivity index (χ0v) is 10.5. The van der Waals surface area contributed by atoms with Crippen molar-refractivity contribution < 1.29 is 14.3 Å². The molecule has 0 aliphatic heterocycles. The standard InChI is InChI=1S/C13H19NO3/c1-4-16-13(15)12(14)10-5-7-11(8-6-10)17-9(2)3/h5-9,12H,4,14H2,1-3H3/t12-/m1/s1. The highest BCUT2D eigenvalue weighted by atomic mass is 16.5. The Balaban J connectivity index is 2.70. The van der Waals surface area contributed by atoms with Crippen LogP contribution in [0.15, 0.2) is 24.3 Å². The fourth-order valence-electron chi connectivity index (χ4n) is 1.39. The van der Waals surface area contributed by atoms with Crippen LogP contribution in [-0.4, -0.2) is 18.7 Å². The van der Waals surface area contributed by atoms with Crippen LogP contribution >= 0.6 is 0 Å². The number of hydrogen-bond donors (Lipinski definition) is 1. The highest BCUT2D eigenvalue weighted by Crippen LogP contribution is 2.18.